The summed E-state index contributed by atoms with van der Waals surface area (Å²) in [6, 6.07) is 5.27. The highest BCUT2D eigenvalue weighted by molar-refractivity contribution is 5.29. The summed E-state index contributed by atoms with van der Waals surface area (Å²) >= 11 is 0. The lowest BCUT2D eigenvalue weighted by molar-refractivity contribution is 0.245. The first-order valence-electron chi connectivity index (χ1n) is 7.18. The molecule has 1 fully saturated rings. The summed E-state index contributed by atoms with van der Waals surface area (Å²) in [5.74, 6) is 1.35. The van der Waals surface area contributed by atoms with Crippen LogP contribution in [0.5, 0.6) is 5.75 Å². The fraction of sp³-hybridized carbons (Fsp3) is 0.625. The molecule has 1 saturated carbocycles. The molecular formula is C16H24FNO. The van der Waals surface area contributed by atoms with E-state index in [9.17, 15) is 4.39 Å². The molecule has 0 spiro atoms. The third-order valence-electron chi connectivity index (χ3n) is 4.27. The molecule has 3 heteroatoms. The molecule has 3 unspecified atom stereocenters. The minimum absolute atomic E-state index is 0.135. The van der Waals surface area contributed by atoms with Gasteiger partial charge in [-0.15, -0.1) is 0 Å². The van der Waals surface area contributed by atoms with E-state index >= 15 is 0 Å². The predicted molar refractivity (Wildman–Crippen MR) is 75.8 cm³/mol. The monoisotopic (exact) mass is 265 g/mol. The topological polar surface area (TPSA) is 35.2 Å². The van der Waals surface area contributed by atoms with Crippen molar-refractivity contribution in [3.05, 3.63) is 29.6 Å². The molecule has 19 heavy (non-hydrogen) atoms. The molecule has 1 aliphatic rings. The van der Waals surface area contributed by atoms with Crippen LogP contribution in [0.2, 0.25) is 0 Å². The van der Waals surface area contributed by atoms with Crippen LogP contribution in [0.15, 0.2) is 18.2 Å². The number of rotatable bonds is 4. The Labute approximate surface area is 115 Å². The second kappa shape index (κ2) is 6.38. The van der Waals surface area contributed by atoms with Gasteiger partial charge in [-0.3, -0.25) is 0 Å². The van der Waals surface area contributed by atoms with Gasteiger partial charge in [0.05, 0.1) is 7.11 Å². The average molecular weight is 265 g/mol. The quantitative estimate of drug-likeness (QED) is 0.904. The number of hydrogen-bond donors (Lipinski definition) is 1. The van der Waals surface area contributed by atoms with Crippen molar-refractivity contribution in [2.45, 2.75) is 45.1 Å². The lowest BCUT2D eigenvalue weighted by Crippen LogP contribution is -2.35. The molecule has 0 bridgehead atoms. The van der Waals surface area contributed by atoms with E-state index < -0.39 is 0 Å². The molecular weight excluding hydrogens is 241 g/mol. The van der Waals surface area contributed by atoms with Crippen molar-refractivity contribution in [1.82, 2.24) is 0 Å². The zero-order valence-electron chi connectivity index (χ0n) is 11.9. The van der Waals surface area contributed by atoms with Crippen molar-refractivity contribution in [3.63, 3.8) is 0 Å². The first-order valence-corrected chi connectivity index (χ1v) is 7.18. The van der Waals surface area contributed by atoms with Crippen LogP contribution in [0.4, 0.5) is 4.39 Å². The molecule has 0 amide bonds. The molecule has 3 atom stereocenters. The Kier molecular flexibility index (Phi) is 4.81. The summed E-state index contributed by atoms with van der Waals surface area (Å²) in [5, 5.41) is 0. The maximum atomic E-state index is 13.6. The van der Waals surface area contributed by atoms with Gasteiger partial charge in [0, 0.05) is 6.04 Å². The molecule has 2 rings (SSSR count). The summed E-state index contributed by atoms with van der Waals surface area (Å²) in [6.07, 6.45) is 5.76. The maximum absolute atomic E-state index is 13.6. The third kappa shape index (κ3) is 3.69. The highest BCUT2D eigenvalue weighted by Crippen LogP contribution is 2.31. The van der Waals surface area contributed by atoms with E-state index in [1.54, 1.807) is 12.1 Å². The van der Waals surface area contributed by atoms with E-state index in [-0.39, 0.29) is 11.9 Å². The molecule has 0 saturated heterocycles. The fourth-order valence-corrected chi connectivity index (χ4v) is 3.15. The minimum Gasteiger partial charge on any atom is -0.494 e. The van der Waals surface area contributed by atoms with Gasteiger partial charge < -0.3 is 10.5 Å². The van der Waals surface area contributed by atoms with Gasteiger partial charge in [-0.2, -0.15) is 0 Å². The molecule has 0 heterocycles. The van der Waals surface area contributed by atoms with E-state index in [2.05, 4.69) is 6.92 Å². The first-order chi connectivity index (χ1) is 9.10. The number of benzene rings is 1. The normalized spacial score (nSPS) is 25.1. The number of nitrogens with two attached hydrogens (primary N) is 1. The largest absolute Gasteiger partial charge is 0.494 e. The smallest absolute Gasteiger partial charge is 0.165 e. The van der Waals surface area contributed by atoms with Crippen LogP contribution in [0.3, 0.4) is 0 Å². The Balaban J connectivity index is 1.98. The van der Waals surface area contributed by atoms with Crippen molar-refractivity contribution in [3.8, 4) is 5.75 Å². The third-order valence-corrected chi connectivity index (χ3v) is 4.27. The van der Waals surface area contributed by atoms with Crippen LogP contribution < -0.4 is 10.5 Å². The van der Waals surface area contributed by atoms with Gasteiger partial charge >= 0.3 is 0 Å². The van der Waals surface area contributed by atoms with Crippen molar-refractivity contribution < 1.29 is 9.13 Å². The SMILES string of the molecule is COc1ccc(CC(N)C2CCCC(C)C2)cc1F. The summed E-state index contributed by atoms with van der Waals surface area (Å²) in [5.41, 5.74) is 7.27. The molecule has 0 radical (unpaired) electrons. The summed E-state index contributed by atoms with van der Waals surface area (Å²) in [6.45, 7) is 2.30. The molecule has 2 N–H and O–H groups in total. The molecule has 2 nitrogen and oxygen atoms in total. The molecule has 1 aromatic carbocycles. The lowest BCUT2D eigenvalue weighted by Gasteiger charge is -2.31. The average Bonchev–Trinajstić information content (AvgIpc) is 2.39. The van der Waals surface area contributed by atoms with E-state index in [0.29, 0.717) is 11.7 Å². The zero-order chi connectivity index (χ0) is 13.8. The lowest BCUT2D eigenvalue weighted by atomic mass is 9.77. The summed E-state index contributed by atoms with van der Waals surface area (Å²) in [4.78, 5) is 0. The second-order valence-corrected chi connectivity index (χ2v) is 5.87. The summed E-state index contributed by atoms with van der Waals surface area (Å²) < 4.78 is 18.6. The van der Waals surface area contributed by atoms with Crippen LogP contribution in [-0.2, 0) is 6.42 Å². The number of halogens is 1. The molecule has 0 aromatic heterocycles. The van der Waals surface area contributed by atoms with E-state index in [4.69, 9.17) is 10.5 Å². The Morgan fingerprint density at radius 2 is 2.21 bits per heavy atom. The standard InChI is InChI=1S/C16H24FNO/c1-11-4-3-5-13(8-11)15(18)10-12-6-7-16(19-2)14(17)9-12/h6-7,9,11,13,15H,3-5,8,10,18H2,1-2H3. The Hall–Kier alpha value is -1.09. The fourth-order valence-electron chi connectivity index (χ4n) is 3.15. The maximum Gasteiger partial charge on any atom is 0.165 e. The molecule has 106 valence electrons. The number of ether oxygens (including phenoxy) is 1. The first kappa shape index (κ1) is 14.3. The minimum atomic E-state index is -0.302. The van der Waals surface area contributed by atoms with Crippen LogP contribution in [-0.4, -0.2) is 13.2 Å². The van der Waals surface area contributed by atoms with Crippen LogP contribution in [0.25, 0.3) is 0 Å². The van der Waals surface area contributed by atoms with Gasteiger partial charge in [-0.1, -0.05) is 25.8 Å². The van der Waals surface area contributed by atoms with Crippen LogP contribution in [0, 0.1) is 17.7 Å². The zero-order valence-corrected chi connectivity index (χ0v) is 11.9. The van der Waals surface area contributed by atoms with Crippen LogP contribution >= 0.6 is 0 Å². The summed E-state index contributed by atoms with van der Waals surface area (Å²) in [7, 11) is 1.48. The van der Waals surface area contributed by atoms with E-state index in [1.807, 2.05) is 6.07 Å². The van der Waals surface area contributed by atoms with Gasteiger partial charge in [0.2, 0.25) is 0 Å². The van der Waals surface area contributed by atoms with Gasteiger partial charge in [0.1, 0.15) is 0 Å². The highest BCUT2D eigenvalue weighted by atomic mass is 19.1. The number of methoxy groups -OCH3 is 1. The van der Waals surface area contributed by atoms with E-state index in [0.717, 1.165) is 17.9 Å². The van der Waals surface area contributed by atoms with Gasteiger partial charge in [-0.05, 0) is 48.8 Å². The van der Waals surface area contributed by atoms with Gasteiger partial charge in [0.25, 0.3) is 0 Å². The highest BCUT2D eigenvalue weighted by Gasteiger charge is 2.24. The van der Waals surface area contributed by atoms with Crippen molar-refractivity contribution in [2.24, 2.45) is 17.6 Å². The molecule has 0 aliphatic heterocycles. The molecule has 1 aliphatic carbocycles. The Morgan fingerprint density at radius 1 is 1.42 bits per heavy atom. The second-order valence-electron chi connectivity index (χ2n) is 5.87. The predicted octanol–water partition coefficient (Wildman–Crippen LogP) is 3.53. The van der Waals surface area contributed by atoms with Crippen molar-refractivity contribution in [2.75, 3.05) is 7.11 Å². The Bertz CT molecular complexity index is 421. The van der Waals surface area contributed by atoms with Gasteiger partial charge in [0.15, 0.2) is 11.6 Å². The Morgan fingerprint density at radius 3 is 2.84 bits per heavy atom. The number of hydrogen-bond acceptors (Lipinski definition) is 2. The van der Waals surface area contributed by atoms with Crippen molar-refractivity contribution in [1.29, 1.82) is 0 Å². The molecule has 1 aromatic rings. The van der Waals surface area contributed by atoms with E-state index in [1.165, 1.54) is 32.8 Å². The van der Waals surface area contributed by atoms with Crippen LogP contribution in [0.1, 0.15) is 38.2 Å². The van der Waals surface area contributed by atoms with Gasteiger partial charge in [-0.25, -0.2) is 4.39 Å². The van der Waals surface area contributed by atoms with Crippen molar-refractivity contribution >= 4 is 0 Å².